The molecule has 2 rings (SSSR count). The lowest BCUT2D eigenvalue weighted by molar-refractivity contribution is -0.126. The van der Waals surface area contributed by atoms with Gasteiger partial charge in [-0.2, -0.15) is 0 Å². The summed E-state index contributed by atoms with van der Waals surface area (Å²) < 4.78 is 0. The van der Waals surface area contributed by atoms with Gasteiger partial charge in [-0.15, -0.1) is 0 Å². The van der Waals surface area contributed by atoms with Gasteiger partial charge in [0, 0.05) is 25.4 Å². The van der Waals surface area contributed by atoms with Crippen LogP contribution in [0.25, 0.3) is 0 Å². The van der Waals surface area contributed by atoms with Crippen LogP contribution in [0.5, 0.6) is 0 Å². The van der Waals surface area contributed by atoms with E-state index in [1.54, 1.807) is 0 Å². The standard InChI is InChI=1S/C21H27N3O2/c1-24(2)14-13-22-21(26)16-23-20(25)15-19(17-9-5-3-6-10-17)18-11-7-4-8-12-18/h3-12,19H,13-16H2,1-2H3,(H,22,26)(H,23,25). The summed E-state index contributed by atoms with van der Waals surface area (Å²) in [5.74, 6) is -0.337. The molecule has 0 aromatic heterocycles. The first kappa shape index (κ1) is 19.7. The summed E-state index contributed by atoms with van der Waals surface area (Å²) >= 11 is 0. The molecule has 0 spiro atoms. The van der Waals surface area contributed by atoms with E-state index >= 15 is 0 Å². The average Bonchev–Trinajstić information content (AvgIpc) is 2.65. The monoisotopic (exact) mass is 353 g/mol. The molecule has 0 aliphatic rings. The van der Waals surface area contributed by atoms with Crippen molar-refractivity contribution in [2.24, 2.45) is 0 Å². The summed E-state index contributed by atoms with van der Waals surface area (Å²) in [6.07, 6.45) is 0.305. The van der Waals surface area contributed by atoms with E-state index < -0.39 is 0 Å². The van der Waals surface area contributed by atoms with Crippen LogP contribution >= 0.6 is 0 Å². The Morgan fingerprint density at radius 3 is 1.88 bits per heavy atom. The maximum absolute atomic E-state index is 12.4. The van der Waals surface area contributed by atoms with Crippen LogP contribution < -0.4 is 10.6 Å². The molecule has 26 heavy (non-hydrogen) atoms. The van der Waals surface area contributed by atoms with E-state index in [0.717, 1.165) is 17.7 Å². The third-order valence-corrected chi connectivity index (χ3v) is 4.12. The molecule has 0 bridgehead atoms. The van der Waals surface area contributed by atoms with Crippen molar-refractivity contribution in [3.05, 3.63) is 71.8 Å². The van der Waals surface area contributed by atoms with Gasteiger partial charge in [0.05, 0.1) is 6.54 Å². The number of rotatable bonds is 9. The van der Waals surface area contributed by atoms with Gasteiger partial charge in [0.1, 0.15) is 0 Å². The van der Waals surface area contributed by atoms with Crippen LogP contribution in [0, 0.1) is 0 Å². The second kappa shape index (κ2) is 10.4. The Hall–Kier alpha value is -2.66. The number of carbonyl (C=O) groups is 2. The normalized spacial score (nSPS) is 10.8. The van der Waals surface area contributed by atoms with E-state index in [0.29, 0.717) is 13.0 Å². The SMILES string of the molecule is CN(C)CCNC(=O)CNC(=O)CC(c1ccccc1)c1ccccc1. The van der Waals surface area contributed by atoms with Gasteiger partial charge >= 0.3 is 0 Å². The fourth-order valence-electron chi connectivity index (χ4n) is 2.72. The highest BCUT2D eigenvalue weighted by Gasteiger charge is 2.18. The molecule has 5 heteroatoms. The molecule has 0 saturated carbocycles. The maximum Gasteiger partial charge on any atom is 0.239 e. The van der Waals surface area contributed by atoms with Crippen LogP contribution in [-0.2, 0) is 9.59 Å². The fourth-order valence-corrected chi connectivity index (χ4v) is 2.72. The van der Waals surface area contributed by atoms with Crippen molar-refractivity contribution < 1.29 is 9.59 Å². The van der Waals surface area contributed by atoms with E-state index in [1.165, 1.54) is 0 Å². The Labute approximate surface area is 155 Å². The molecular weight excluding hydrogens is 326 g/mol. The molecule has 0 aliphatic heterocycles. The van der Waals surface area contributed by atoms with Crippen molar-refractivity contribution in [2.45, 2.75) is 12.3 Å². The molecule has 0 atom stereocenters. The van der Waals surface area contributed by atoms with Gasteiger partial charge < -0.3 is 15.5 Å². The Morgan fingerprint density at radius 2 is 1.38 bits per heavy atom. The first-order valence-electron chi connectivity index (χ1n) is 8.84. The molecule has 0 fully saturated rings. The van der Waals surface area contributed by atoms with Crippen LogP contribution in [0.3, 0.4) is 0 Å². The van der Waals surface area contributed by atoms with E-state index in [9.17, 15) is 9.59 Å². The topological polar surface area (TPSA) is 61.4 Å². The van der Waals surface area contributed by atoms with Crippen molar-refractivity contribution in [3.8, 4) is 0 Å². The van der Waals surface area contributed by atoms with Crippen LogP contribution in [0.2, 0.25) is 0 Å². The summed E-state index contributed by atoms with van der Waals surface area (Å²) in [6, 6.07) is 19.9. The summed E-state index contributed by atoms with van der Waals surface area (Å²) in [5, 5.41) is 5.52. The zero-order chi connectivity index (χ0) is 18.8. The van der Waals surface area contributed by atoms with Crippen LogP contribution in [0.1, 0.15) is 23.5 Å². The summed E-state index contributed by atoms with van der Waals surface area (Å²) in [5.41, 5.74) is 2.17. The average molecular weight is 353 g/mol. The van der Waals surface area contributed by atoms with Crippen molar-refractivity contribution >= 4 is 11.8 Å². The molecule has 0 radical (unpaired) electrons. The third kappa shape index (κ3) is 6.69. The molecule has 5 nitrogen and oxygen atoms in total. The minimum absolute atomic E-state index is 0.00254. The fraction of sp³-hybridized carbons (Fsp3) is 0.333. The highest BCUT2D eigenvalue weighted by atomic mass is 16.2. The predicted octanol–water partition coefficient (Wildman–Crippen LogP) is 2.00. The molecule has 0 aliphatic carbocycles. The van der Waals surface area contributed by atoms with Gasteiger partial charge in [0.2, 0.25) is 11.8 Å². The van der Waals surface area contributed by atoms with Gasteiger partial charge in [-0.3, -0.25) is 9.59 Å². The molecule has 2 amide bonds. The van der Waals surface area contributed by atoms with E-state index in [1.807, 2.05) is 79.7 Å². The number of nitrogens with one attached hydrogen (secondary N) is 2. The van der Waals surface area contributed by atoms with Crippen molar-refractivity contribution in [1.29, 1.82) is 0 Å². The number of hydrogen-bond donors (Lipinski definition) is 2. The van der Waals surface area contributed by atoms with Crippen LogP contribution in [0.4, 0.5) is 0 Å². The number of benzene rings is 2. The Morgan fingerprint density at radius 1 is 0.846 bits per heavy atom. The van der Waals surface area contributed by atoms with Gasteiger partial charge in [-0.1, -0.05) is 60.7 Å². The lowest BCUT2D eigenvalue weighted by atomic mass is 9.88. The first-order valence-corrected chi connectivity index (χ1v) is 8.84. The minimum atomic E-state index is -0.170. The molecule has 2 aromatic carbocycles. The predicted molar refractivity (Wildman–Crippen MR) is 104 cm³/mol. The van der Waals surface area contributed by atoms with Crippen LogP contribution in [-0.4, -0.2) is 50.4 Å². The molecule has 138 valence electrons. The van der Waals surface area contributed by atoms with Crippen molar-refractivity contribution in [2.75, 3.05) is 33.7 Å². The second-order valence-corrected chi connectivity index (χ2v) is 6.51. The molecule has 2 N–H and O–H groups in total. The summed E-state index contributed by atoms with van der Waals surface area (Å²) in [6.45, 7) is 1.34. The van der Waals surface area contributed by atoms with E-state index in [-0.39, 0.29) is 24.3 Å². The zero-order valence-corrected chi connectivity index (χ0v) is 15.4. The second-order valence-electron chi connectivity index (χ2n) is 6.51. The Kier molecular flexibility index (Phi) is 7.83. The number of likely N-dealkylation sites (N-methyl/N-ethyl adjacent to an activating group) is 1. The first-order chi connectivity index (χ1) is 12.6. The van der Waals surface area contributed by atoms with E-state index in [2.05, 4.69) is 10.6 Å². The van der Waals surface area contributed by atoms with Gasteiger partial charge in [0.15, 0.2) is 0 Å². The van der Waals surface area contributed by atoms with Crippen molar-refractivity contribution in [1.82, 2.24) is 15.5 Å². The van der Waals surface area contributed by atoms with Gasteiger partial charge in [-0.25, -0.2) is 0 Å². The summed E-state index contributed by atoms with van der Waals surface area (Å²) in [4.78, 5) is 26.2. The quantitative estimate of drug-likeness (QED) is 0.725. The number of amides is 2. The van der Waals surface area contributed by atoms with Crippen LogP contribution in [0.15, 0.2) is 60.7 Å². The number of carbonyl (C=O) groups excluding carboxylic acids is 2. The lowest BCUT2D eigenvalue weighted by Crippen LogP contribution is -2.39. The van der Waals surface area contributed by atoms with Gasteiger partial charge in [-0.05, 0) is 25.2 Å². The highest BCUT2D eigenvalue weighted by molar-refractivity contribution is 5.85. The third-order valence-electron chi connectivity index (χ3n) is 4.12. The largest absolute Gasteiger partial charge is 0.353 e. The summed E-state index contributed by atoms with van der Waals surface area (Å²) in [7, 11) is 3.89. The molecule has 0 unspecified atom stereocenters. The lowest BCUT2D eigenvalue weighted by Gasteiger charge is -2.18. The zero-order valence-electron chi connectivity index (χ0n) is 15.4. The smallest absolute Gasteiger partial charge is 0.239 e. The number of hydrogen-bond acceptors (Lipinski definition) is 3. The molecule has 2 aromatic rings. The molecular formula is C21H27N3O2. The minimum Gasteiger partial charge on any atom is -0.353 e. The molecule has 0 saturated heterocycles. The van der Waals surface area contributed by atoms with Gasteiger partial charge in [0.25, 0.3) is 0 Å². The van der Waals surface area contributed by atoms with E-state index in [4.69, 9.17) is 0 Å². The Balaban J connectivity index is 1.92. The molecule has 0 heterocycles. The van der Waals surface area contributed by atoms with Crippen molar-refractivity contribution in [3.63, 3.8) is 0 Å². The maximum atomic E-state index is 12.4. The Bertz CT molecular complexity index is 647. The highest BCUT2D eigenvalue weighted by Crippen LogP contribution is 2.27. The number of nitrogens with zero attached hydrogens (tertiary/aromatic N) is 1.